The largest absolute Gasteiger partial charge is 0.398 e. The Morgan fingerprint density at radius 3 is 2.67 bits per heavy atom. The molecule has 6 nitrogen and oxygen atoms in total. The smallest absolute Gasteiger partial charge is 0.240 e. The lowest BCUT2D eigenvalue weighted by molar-refractivity contribution is 0.0699. The highest BCUT2D eigenvalue weighted by molar-refractivity contribution is 9.10. The summed E-state index contributed by atoms with van der Waals surface area (Å²) in [5.41, 5.74) is 6.77. The van der Waals surface area contributed by atoms with Crippen molar-refractivity contribution < 1.29 is 17.9 Å². The van der Waals surface area contributed by atoms with Crippen LogP contribution in [0.4, 0.5) is 5.69 Å². The van der Waals surface area contributed by atoms with Crippen LogP contribution < -0.4 is 10.5 Å². The molecule has 0 aliphatic carbocycles. The number of nitrogen functional groups attached to an aromatic ring is 1. The molecule has 0 atom stereocenters. The van der Waals surface area contributed by atoms with E-state index in [0.29, 0.717) is 48.5 Å². The summed E-state index contributed by atoms with van der Waals surface area (Å²) in [5.74, 6) is 0. The molecule has 1 rings (SSSR count). The van der Waals surface area contributed by atoms with E-state index < -0.39 is 10.0 Å². The number of sulfonamides is 1. The molecular weight excluding hydrogens is 360 g/mol. The molecule has 21 heavy (non-hydrogen) atoms. The Morgan fingerprint density at radius 2 is 2.00 bits per heavy atom. The van der Waals surface area contributed by atoms with Gasteiger partial charge in [0.05, 0.1) is 18.1 Å². The topological polar surface area (TPSA) is 90.6 Å². The van der Waals surface area contributed by atoms with E-state index in [0.717, 1.165) is 0 Å². The molecule has 8 heteroatoms. The fourth-order valence-corrected chi connectivity index (χ4v) is 3.65. The fourth-order valence-electron chi connectivity index (χ4n) is 1.66. The fraction of sp³-hybridized carbons (Fsp3) is 0.538. The number of rotatable bonds is 9. The number of nitrogens with one attached hydrogen (secondary N) is 1. The standard InChI is InChI=1S/C13H21BrN2O4S/c1-10-12(15)8-11(14)9-13(10)21(17,18)16-4-3-5-20-7-6-19-2/h8-9,16H,3-7,15H2,1-2H3. The number of ether oxygens (including phenoxy) is 2. The zero-order valence-corrected chi connectivity index (χ0v) is 14.6. The van der Waals surface area contributed by atoms with Crippen LogP contribution in [0.2, 0.25) is 0 Å². The molecule has 0 unspecified atom stereocenters. The van der Waals surface area contributed by atoms with Crippen molar-refractivity contribution >= 4 is 31.6 Å². The van der Waals surface area contributed by atoms with E-state index in [9.17, 15) is 8.42 Å². The lowest BCUT2D eigenvalue weighted by atomic mass is 10.2. The molecular formula is C13H21BrN2O4S. The first-order chi connectivity index (χ1) is 9.88. The first kappa shape index (κ1) is 18.4. The number of benzene rings is 1. The van der Waals surface area contributed by atoms with Crippen LogP contribution in [0.5, 0.6) is 0 Å². The van der Waals surface area contributed by atoms with Crippen LogP contribution in [0.25, 0.3) is 0 Å². The zero-order chi connectivity index (χ0) is 15.9. The molecule has 0 heterocycles. The zero-order valence-electron chi connectivity index (χ0n) is 12.2. The Bertz CT molecular complexity index is 564. The number of hydrogen-bond acceptors (Lipinski definition) is 5. The summed E-state index contributed by atoms with van der Waals surface area (Å²) in [4.78, 5) is 0.190. The van der Waals surface area contributed by atoms with Crippen molar-refractivity contribution in [1.29, 1.82) is 0 Å². The second-order valence-corrected chi connectivity index (χ2v) is 7.13. The second-order valence-electron chi connectivity index (χ2n) is 4.47. The first-order valence-corrected chi connectivity index (χ1v) is 8.78. The average molecular weight is 381 g/mol. The van der Waals surface area contributed by atoms with Gasteiger partial charge >= 0.3 is 0 Å². The molecule has 0 aliphatic rings. The minimum Gasteiger partial charge on any atom is -0.398 e. The van der Waals surface area contributed by atoms with Gasteiger partial charge in [-0.2, -0.15) is 0 Å². The van der Waals surface area contributed by atoms with Gasteiger partial charge in [-0.15, -0.1) is 0 Å². The van der Waals surface area contributed by atoms with E-state index >= 15 is 0 Å². The third kappa shape index (κ3) is 5.91. The van der Waals surface area contributed by atoms with Gasteiger partial charge in [-0.25, -0.2) is 13.1 Å². The molecule has 120 valence electrons. The molecule has 0 aromatic heterocycles. The van der Waals surface area contributed by atoms with Crippen molar-refractivity contribution in [3.63, 3.8) is 0 Å². The van der Waals surface area contributed by atoms with Crippen LogP contribution in [-0.4, -0.2) is 41.9 Å². The highest BCUT2D eigenvalue weighted by Crippen LogP contribution is 2.26. The summed E-state index contributed by atoms with van der Waals surface area (Å²) in [6, 6.07) is 3.22. The van der Waals surface area contributed by atoms with Gasteiger partial charge in [0.2, 0.25) is 10.0 Å². The van der Waals surface area contributed by atoms with Crippen molar-refractivity contribution in [2.24, 2.45) is 0 Å². The summed E-state index contributed by atoms with van der Waals surface area (Å²) in [7, 11) is -1.97. The normalized spacial score (nSPS) is 11.8. The molecule has 3 N–H and O–H groups in total. The van der Waals surface area contributed by atoms with Gasteiger partial charge in [0.25, 0.3) is 0 Å². The maximum atomic E-state index is 12.2. The van der Waals surface area contributed by atoms with Gasteiger partial charge in [0.1, 0.15) is 0 Å². The number of methoxy groups -OCH3 is 1. The summed E-state index contributed by atoms with van der Waals surface area (Å²) >= 11 is 3.25. The Morgan fingerprint density at radius 1 is 1.29 bits per heavy atom. The number of hydrogen-bond donors (Lipinski definition) is 2. The average Bonchev–Trinajstić information content (AvgIpc) is 2.41. The highest BCUT2D eigenvalue weighted by atomic mass is 79.9. The van der Waals surface area contributed by atoms with Gasteiger partial charge < -0.3 is 15.2 Å². The number of halogens is 1. The number of anilines is 1. The molecule has 0 amide bonds. The summed E-state index contributed by atoms with van der Waals surface area (Å²) < 4.78 is 37.8. The van der Waals surface area contributed by atoms with E-state index in [-0.39, 0.29) is 4.90 Å². The van der Waals surface area contributed by atoms with E-state index in [1.807, 2.05) is 0 Å². The van der Waals surface area contributed by atoms with Crippen LogP contribution >= 0.6 is 15.9 Å². The molecule has 1 aromatic rings. The highest BCUT2D eigenvalue weighted by Gasteiger charge is 2.18. The van der Waals surface area contributed by atoms with Crippen LogP contribution in [0.1, 0.15) is 12.0 Å². The van der Waals surface area contributed by atoms with Crippen molar-refractivity contribution in [3.8, 4) is 0 Å². The van der Waals surface area contributed by atoms with E-state index in [2.05, 4.69) is 20.7 Å². The summed E-state index contributed by atoms with van der Waals surface area (Å²) in [6.45, 7) is 3.50. The molecule has 0 fully saturated rings. The Kier molecular flexibility index (Phi) is 7.61. The van der Waals surface area contributed by atoms with E-state index in [1.54, 1.807) is 26.2 Å². The number of nitrogens with two attached hydrogens (primary N) is 1. The van der Waals surface area contributed by atoms with Gasteiger partial charge in [0, 0.05) is 30.4 Å². The summed E-state index contributed by atoms with van der Waals surface area (Å²) in [6.07, 6.45) is 0.589. The van der Waals surface area contributed by atoms with E-state index in [4.69, 9.17) is 15.2 Å². The van der Waals surface area contributed by atoms with Crippen LogP contribution in [0.15, 0.2) is 21.5 Å². The molecule has 1 aromatic carbocycles. The van der Waals surface area contributed by atoms with Crippen molar-refractivity contribution in [3.05, 3.63) is 22.2 Å². The van der Waals surface area contributed by atoms with Gasteiger partial charge in [0.15, 0.2) is 0 Å². The molecule has 0 spiro atoms. The molecule has 0 radical (unpaired) electrons. The third-order valence-electron chi connectivity index (χ3n) is 2.84. The molecule has 0 saturated heterocycles. The predicted molar refractivity (Wildman–Crippen MR) is 85.8 cm³/mol. The van der Waals surface area contributed by atoms with Crippen LogP contribution in [0, 0.1) is 6.92 Å². The Balaban J connectivity index is 2.55. The molecule has 0 aliphatic heterocycles. The first-order valence-electron chi connectivity index (χ1n) is 6.50. The van der Waals surface area contributed by atoms with Crippen molar-refractivity contribution in [2.45, 2.75) is 18.2 Å². The van der Waals surface area contributed by atoms with Crippen LogP contribution in [0.3, 0.4) is 0 Å². The monoisotopic (exact) mass is 380 g/mol. The minimum atomic E-state index is -3.57. The molecule has 0 saturated carbocycles. The third-order valence-corrected chi connectivity index (χ3v) is 4.89. The van der Waals surface area contributed by atoms with Gasteiger partial charge in [-0.1, -0.05) is 15.9 Å². The maximum absolute atomic E-state index is 12.2. The second kappa shape index (κ2) is 8.70. The lowest BCUT2D eigenvalue weighted by Crippen LogP contribution is -2.26. The van der Waals surface area contributed by atoms with Crippen LogP contribution in [-0.2, 0) is 19.5 Å². The maximum Gasteiger partial charge on any atom is 0.240 e. The van der Waals surface area contributed by atoms with Crippen molar-refractivity contribution in [1.82, 2.24) is 4.72 Å². The lowest BCUT2D eigenvalue weighted by Gasteiger charge is -2.12. The SMILES string of the molecule is COCCOCCCNS(=O)(=O)c1cc(Br)cc(N)c1C. The minimum absolute atomic E-state index is 0.190. The van der Waals surface area contributed by atoms with E-state index in [1.165, 1.54) is 0 Å². The van der Waals surface area contributed by atoms with Gasteiger partial charge in [-0.05, 0) is 31.0 Å². The molecule has 0 bridgehead atoms. The quantitative estimate of drug-likeness (QED) is 0.502. The van der Waals surface area contributed by atoms with Crippen molar-refractivity contribution in [2.75, 3.05) is 39.2 Å². The summed E-state index contributed by atoms with van der Waals surface area (Å²) in [5, 5.41) is 0. The Labute approximate surface area is 134 Å². The van der Waals surface area contributed by atoms with Gasteiger partial charge in [-0.3, -0.25) is 0 Å². The predicted octanol–water partition coefficient (Wildman–Crippen LogP) is 1.67. The Hall–Kier alpha value is -0.670.